The molecule has 0 aromatic rings. The Morgan fingerprint density at radius 2 is 2.38 bits per heavy atom. The summed E-state index contributed by atoms with van der Waals surface area (Å²) in [5, 5.41) is 0. The van der Waals surface area contributed by atoms with Crippen molar-refractivity contribution in [2.24, 2.45) is 17.3 Å². The van der Waals surface area contributed by atoms with Gasteiger partial charge in [0.1, 0.15) is 0 Å². The molecule has 1 aliphatic carbocycles. The van der Waals surface area contributed by atoms with E-state index < -0.39 is 0 Å². The Bertz CT molecular complexity index is 321. The van der Waals surface area contributed by atoms with E-state index in [0.29, 0.717) is 18.4 Å². The Hall–Kier alpha value is -0.830. The minimum absolute atomic E-state index is 0.204. The Kier molecular flexibility index (Phi) is 3.06. The molecule has 16 heavy (non-hydrogen) atoms. The first-order valence-electron chi connectivity index (χ1n) is 6.09. The van der Waals surface area contributed by atoms with Gasteiger partial charge in [0.05, 0.1) is 19.8 Å². The number of hydrogen-bond donors (Lipinski definition) is 0. The second kappa shape index (κ2) is 4.21. The zero-order valence-corrected chi connectivity index (χ0v) is 10.3. The Morgan fingerprint density at radius 1 is 1.62 bits per heavy atom. The van der Waals surface area contributed by atoms with Gasteiger partial charge in [0.25, 0.3) is 0 Å². The van der Waals surface area contributed by atoms with E-state index in [1.165, 1.54) is 5.57 Å². The number of carbonyl (C=O) groups is 1. The highest BCUT2D eigenvalue weighted by molar-refractivity contribution is 5.83. The molecule has 3 atom stereocenters. The summed E-state index contributed by atoms with van der Waals surface area (Å²) < 4.78 is 10.5. The van der Waals surface area contributed by atoms with Crippen LogP contribution in [0.2, 0.25) is 0 Å². The third kappa shape index (κ3) is 1.58. The lowest BCUT2D eigenvalue weighted by Crippen LogP contribution is -2.48. The van der Waals surface area contributed by atoms with E-state index >= 15 is 0 Å². The van der Waals surface area contributed by atoms with Gasteiger partial charge in [-0.15, -0.1) is 0 Å². The van der Waals surface area contributed by atoms with Crippen molar-refractivity contribution in [3.05, 3.63) is 11.6 Å². The van der Waals surface area contributed by atoms with Crippen LogP contribution < -0.4 is 0 Å². The van der Waals surface area contributed by atoms with Gasteiger partial charge in [-0.3, -0.25) is 0 Å². The zero-order chi connectivity index (χ0) is 11.8. The molecule has 0 amide bonds. The number of fused-ring (bicyclic) bond motifs is 1. The lowest BCUT2D eigenvalue weighted by atomic mass is 9.51. The molecule has 3 nitrogen and oxygen atoms in total. The number of rotatable bonds is 3. The summed E-state index contributed by atoms with van der Waals surface area (Å²) in [4.78, 5) is 11.5. The van der Waals surface area contributed by atoms with Crippen molar-refractivity contribution in [3.8, 4) is 0 Å². The summed E-state index contributed by atoms with van der Waals surface area (Å²) in [6, 6.07) is 0. The third-order valence-electron chi connectivity index (χ3n) is 4.07. The predicted octanol–water partition coefficient (Wildman–Crippen LogP) is 2.17. The third-order valence-corrected chi connectivity index (χ3v) is 4.07. The molecular weight excluding hydrogens is 204 g/mol. The Labute approximate surface area is 96.8 Å². The van der Waals surface area contributed by atoms with Crippen molar-refractivity contribution >= 4 is 5.97 Å². The smallest absolute Gasteiger partial charge is 0.330 e. The maximum Gasteiger partial charge on any atom is 0.330 e. The van der Waals surface area contributed by atoms with Crippen LogP contribution in [0.1, 0.15) is 27.2 Å². The van der Waals surface area contributed by atoms with E-state index in [0.717, 1.165) is 19.6 Å². The molecule has 3 heteroatoms. The summed E-state index contributed by atoms with van der Waals surface area (Å²) >= 11 is 0. The molecule has 1 saturated heterocycles. The average Bonchev–Trinajstić information content (AvgIpc) is 2.55. The summed E-state index contributed by atoms with van der Waals surface area (Å²) in [7, 11) is 0. The van der Waals surface area contributed by atoms with Crippen molar-refractivity contribution in [3.63, 3.8) is 0 Å². The first-order chi connectivity index (χ1) is 7.63. The van der Waals surface area contributed by atoms with E-state index in [1.807, 2.05) is 6.92 Å². The molecule has 2 rings (SSSR count). The lowest BCUT2D eigenvalue weighted by Gasteiger charge is -2.51. The predicted molar refractivity (Wildman–Crippen MR) is 60.9 cm³/mol. The maximum atomic E-state index is 11.5. The fourth-order valence-electron chi connectivity index (χ4n) is 3.26. The van der Waals surface area contributed by atoms with Crippen molar-refractivity contribution < 1.29 is 14.3 Å². The van der Waals surface area contributed by atoms with Gasteiger partial charge in [0.2, 0.25) is 0 Å². The van der Waals surface area contributed by atoms with Crippen molar-refractivity contribution in [1.82, 2.24) is 0 Å². The molecule has 0 spiro atoms. The topological polar surface area (TPSA) is 35.5 Å². The van der Waals surface area contributed by atoms with Crippen LogP contribution in [0.25, 0.3) is 0 Å². The van der Waals surface area contributed by atoms with Gasteiger partial charge in [0, 0.05) is 17.4 Å². The Morgan fingerprint density at radius 3 is 3.00 bits per heavy atom. The summed E-state index contributed by atoms with van der Waals surface area (Å²) in [6.07, 6.45) is 2.76. The molecular formula is C13H20O3. The van der Waals surface area contributed by atoms with E-state index in [4.69, 9.17) is 9.47 Å². The van der Waals surface area contributed by atoms with Crippen LogP contribution in [0.15, 0.2) is 11.6 Å². The van der Waals surface area contributed by atoms with E-state index in [9.17, 15) is 4.79 Å². The minimum atomic E-state index is -0.204. The molecule has 0 unspecified atom stereocenters. The fraction of sp³-hybridized carbons (Fsp3) is 0.769. The van der Waals surface area contributed by atoms with Gasteiger partial charge in [-0.2, -0.15) is 0 Å². The summed E-state index contributed by atoms with van der Waals surface area (Å²) in [5.74, 6) is 0.719. The first kappa shape index (κ1) is 11.6. The number of hydrogen-bond acceptors (Lipinski definition) is 3. The molecule has 1 saturated carbocycles. The van der Waals surface area contributed by atoms with E-state index in [1.54, 1.807) is 6.08 Å². The second-order valence-electron chi connectivity index (χ2n) is 4.93. The van der Waals surface area contributed by atoms with Gasteiger partial charge < -0.3 is 9.47 Å². The first-order valence-corrected chi connectivity index (χ1v) is 6.09. The van der Waals surface area contributed by atoms with Gasteiger partial charge >= 0.3 is 5.97 Å². The minimum Gasteiger partial charge on any atom is -0.463 e. The van der Waals surface area contributed by atoms with Gasteiger partial charge in [0.15, 0.2) is 0 Å². The lowest BCUT2D eigenvalue weighted by molar-refractivity contribution is -0.137. The van der Waals surface area contributed by atoms with Crippen LogP contribution in [-0.4, -0.2) is 25.8 Å². The van der Waals surface area contributed by atoms with Crippen molar-refractivity contribution in [2.75, 3.05) is 19.8 Å². The second-order valence-corrected chi connectivity index (χ2v) is 4.93. The maximum absolute atomic E-state index is 11.5. The zero-order valence-electron chi connectivity index (χ0n) is 10.3. The normalized spacial score (nSPS) is 39.3. The summed E-state index contributed by atoms with van der Waals surface area (Å²) in [6.45, 7) is 8.30. The molecule has 0 N–H and O–H groups in total. The van der Waals surface area contributed by atoms with Crippen LogP contribution in [0.4, 0.5) is 0 Å². The highest BCUT2D eigenvalue weighted by Crippen LogP contribution is 2.60. The van der Waals surface area contributed by atoms with E-state index in [2.05, 4.69) is 13.8 Å². The molecule has 2 aliphatic rings. The van der Waals surface area contributed by atoms with Crippen LogP contribution in [0, 0.1) is 17.3 Å². The summed E-state index contributed by atoms with van der Waals surface area (Å²) in [5.41, 5.74) is 1.49. The fourth-order valence-corrected chi connectivity index (χ4v) is 3.26. The van der Waals surface area contributed by atoms with Crippen molar-refractivity contribution in [1.29, 1.82) is 0 Å². The molecule has 2 fully saturated rings. The van der Waals surface area contributed by atoms with Gasteiger partial charge in [-0.05, 0) is 19.3 Å². The Balaban J connectivity index is 2.14. The molecule has 0 bridgehead atoms. The van der Waals surface area contributed by atoms with Crippen LogP contribution in [0.5, 0.6) is 0 Å². The number of carbonyl (C=O) groups excluding carboxylic acids is 1. The van der Waals surface area contributed by atoms with E-state index in [-0.39, 0.29) is 11.4 Å². The quantitative estimate of drug-likeness (QED) is 0.544. The van der Waals surface area contributed by atoms with Gasteiger partial charge in [-0.1, -0.05) is 19.4 Å². The molecule has 0 aromatic heterocycles. The number of ether oxygens (including phenoxy) is 2. The highest BCUT2D eigenvalue weighted by Gasteiger charge is 2.57. The van der Waals surface area contributed by atoms with Crippen LogP contribution in [-0.2, 0) is 14.3 Å². The molecule has 1 heterocycles. The van der Waals surface area contributed by atoms with Crippen LogP contribution in [0.3, 0.4) is 0 Å². The SMILES string of the molecule is CCOC(=O)/C=C1\[C@@H](CC)[C@]2(C)COC[C@H]12. The largest absolute Gasteiger partial charge is 0.463 e. The highest BCUT2D eigenvalue weighted by atomic mass is 16.5. The molecule has 90 valence electrons. The standard InChI is InChI=1S/C13H20O3/c1-4-10-9(6-12(14)16-5-2)11-7-15-8-13(10,11)3/h6,10-11H,4-5,7-8H2,1-3H3/b9-6+/t10-,11-,13+/m1/s1. The molecule has 1 aliphatic heterocycles. The average molecular weight is 224 g/mol. The molecule has 0 aromatic carbocycles. The molecule has 0 radical (unpaired) electrons. The van der Waals surface area contributed by atoms with Crippen LogP contribution >= 0.6 is 0 Å². The van der Waals surface area contributed by atoms with Crippen molar-refractivity contribution in [2.45, 2.75) is 27.2 Å². The monoisotopic (exact) mass is 224 g/mol. The number of esters is 1. The van der Waals surface area contributed by atoms with Gasteiger partial charge in [-0.25, -0.2) is 4.79 Å².